The Hall–Kier alpha value is 0.270. The van der Waals surface area contributed by atoms with Crippen LogP contribution >= 0.6 is 11.8 Å². The summed E-state index contributed by atoms with van der Waals surface area (Å²) >= 11 is 1.99. The second kappa shape index (κ2) is 22.8. The predicted molar refractivity (Wildman–Crippen MR) is 69.7 cm³/mol. The third-order valence-electron chi connectivity index (χ3n) is 0.887. The minimum atomic E-state index is 0. The van der Waals surface area contributed by atoms with E-state index in [1.807, 2.05) is 32.5 Å². The first-order valence-electron chi connectivity index (χ1n) is 5.11. The molecule has 0 atom stereocenters. The number of nitrogens with two attached hydrogens (primary N) is 1. The first kappa shape index (κ1) is 18.9. The molecule has 13 heavy (non-hydrogen) atoms. The van der Waals surface area contributed by atoms with Crippen LogP contribution in [0.1, 0.15) is 29.1 Å². The summed E-state index contributed by atoms with van der Waals surface area (Å²) in [6.45, 7) is 10.1. The number of rotatable bonds is 4. The summed E-state index contributed by atoms with van der Waals surface area (Å²) in [6, 6.07) is 0. The van der Waals surface area contributed by atoms with E-state index in [1.165, 1.54) is 18.1 Å². The molecule has 0 radical (unpaired) electrons. The average Bonchev–Trinajstić information content (AvgIpc) is 2.09. The highest BCUT2D eigenvalue weighted by molar-refractivity contribution is 7.99. The molecule has 0 aromatic rings. The van der Waals surface area contributed by atoms with Gasteiger partial charge < -0.3 is 10.6 Å². The Balaban J connectivity index is -0.0000000716. The smallest absolute Gasteiger partial charge is 0.00662 e. The van der Waals surface area contributed by atoms with Crippen LogP contribution in [0.15, 0.2) is 0 Å². The van der Waals surface area contributed by atoms with E-state index in [4.69, 9.17) is 5.73 Å². The predicted octanol–water partition coefficient (Wildman–Crippen LogP) is 2.54. The quantitative estimate of drug-likeness (QED) is 0.723. The monoisotopic (exact) mass is 210 g/mol. The molecule has 0 rings (SSSR count). The molecule has 0 spiro atoms. The molecule has 0 aliphatic carbocycles. The molecular formula is C10H30N2S. The van der Waals surface area contributed by atoms with Crippen LogP contribution in [-0.2, 0) is 0 Å². The number of thioether (sulfide) groups is 1. The zero-order chi connectivity index (χ0) is 11.1. The Kier molecular flexibility index (Phi) is 33.2. The number of hydrogen-bond donors (Lipinski definition) is 1. The zero-order valence-electron chi connectivity index (χ0n) is 10.3. The van der Waals surface area contributed by atoms with Crippen LogP contribution in [0.25, 0.3) is 0 Å². The van der Waals surface area contributed by atoms with Crippen molar-refractivity contribution in [2.45, 2.75) is 27.7 Å². The Labute approximate surface area is 90.7 Å². The second-order valence-corrected chi connectivity index (χ2v) is 3.80. The van der Waals surface area contributed by atoms with Crippen LogP contribution in [0, 0.1) is 0 Å². The highest BCUT2D eigenvalue weighted by Crippen LogP contribution is 1.96. The molecule has 0 aliphatic rings. The molecule has 86 valence electrons. The van der Waals surface area contributed by atoms with Crippen molar-refractivity contribution in [3.63, 3.8) is 0 Å². The van der Waals surface area contributed by atoms with Gasteiger partial charge in [-0.3, -0.25) is 0 Å². The van der Waals surface area contributed by atoms with Gasteiger partial charge in [0.15, 0.2) is 0 Å². The summed E-state index contributed by atoms with van der Waals surface area (Å²) in [7, 11) is 4.21. The second-order valence-electron chi connectivity index (χ2n) is 2.41. The summed E-state index contributed by atoms with van der Waals surface area (Å²) in [4.78, 5) is 2.21. The molecule has 0 fully saturated rings. The molecule has 0 heterocycles. The Morgan fingerprint density at radius 1 is 1.23 bits per heavy atom. The molecule has 2 N–H and O–H groups in total. The van der Waals surface area contributed by atoms with Crippen LogP contribution in [0.2, 0.25) is 0 Å². The van der Waals surface area contributed by atoms with Gasteiger partial charge in [0.25, 0.3) is 0 Å². The maximum Gasteiger partial charge on any atom is 0.00662 e. The van der Waals surface area contributed by atoms with Crippen molar-refractivity contribution < 1.29 is 1.43 Å². The maximum atomic E-state index is 4.85. The summed E-state index contributed by atoms with van der Waals surface area (Å²) in [5, 5.41) is 0. The molecule has 0 saturated heterocycles. The van der Waals surface area contributed by atoms with Crippen molar-refractivity contribution >= 4 is 11.8 Å². The van der Waals surface area contributed by atoms with E-state index in [-0.39, 0.29) is 1.43 Å². The minimum Gasteiger partial charge on any atom is -0.331 e. The highest BCUT2D eigenvalue weighted by Gasteiger charge is 1.86. The Morgan fingerprint density at radius 3 is 1.85 bits per heavy atom. The van der Waals surface area contributed by atoms with E-state index in [1.54, 1.807) is 0 Å². The van der Waals surface area contributed by atoms with Crippen molar-refractivity contribution in [2.24, 2.45) is 5.73 Å². The largest absolute Gasteiger partial charge is 0.331 e. The molecule has 0 aliphatic heterocycles. The SMILES string of the molecule is CC.CCN.CCSCCN(C)C.[HH]. The minimum absolute atomic E-state index is 0. The van der Waals surface area contributed by atoms with Gasteiger partial charge in [-0.2, -0.15) is 11.8 Å². The van der Waals surface area contributed by atoms with E-state index in [0.717, 1.165) is 6.54 Å². The Bertz CT molecular complexity index is 64.1. The van der Waals surface area contributed by atoms with Crippen molar-refractivity contribution in [3.05, 3.63) is 0 Å². The molecule has 0 aromatic heterocycles. The summed E-state index contributed by atoms with van der Waals surface area (Å²) in [5.74, 6) is 2.51. The zero-order valence-corrected chi connectivity index (χ0v) is 11.1. The normalized spacial score (nSPS) is 8.31. The van der Waals surface area contributed by atoms with Crippen LogP contribution in [-0.4, -0.2) is 43.6 Å². The third-order valence-corrected chi connectivity index (χ3v) is 1.77. The fourth-order valence-electron chi connectivity index (χ4n) is 0.391. The van der Waals surface area contributed by atoms with E-state index in [9.17, 15) is 0 Å². The molecule has 3 heteroatoms. The van der Waals surface area contributed by atoms with Crippen LogP contribution < -0.4 is 5.73 Å². The van der Waals surface area contributed by atoms with Gasteiger partial charge in [0.1, 0.15) is 0 Å². The Morgan fingerprint density at radius 2 is 1.62 bits per heavy atom. The summed E-state index contributed by atoms with van der Waals surface area (Å²) < 4.78 is 0. The molecular weight excluding hydrogens is 180 g/mol. The molecule has 2 nitrogen and oxygen atoms in total. The van der Waals surface area contributed by atoms with E-state index in [0.29, 0.717) is 0 Å². The number of hydrogen-bond acceptors (Lipinski definition) is 3. The topological polar surface area (TPSA) is 29.3 Å². The molecule has 0 unspecified atom stereocenters. The van der Waals surface area contributed by atoms with E-state index >= 15 is 0 Å². The first-order chi connectivity index (χ1) is 6.18. The van der Waals surface area contributed by atoms with Gasteiger partial charge in [-0.25, -0.2) is 0 Å². The van der Waals surface area contributed by atoms with Gasteiger partial charge in [0.05, 0.1) is 0 Å². The fraction of sp³-hybridized carbons (Fsp3) is 1.00. The van der Waals surface area contributed by atoms with Gasteiger partial charge in [-0.05, 0) is 26.4 Å². The highest BCUT2D eigenvalue weighted by atomic mass is 32.2. The lowest BCUT2D eigenvalue weighted by Crippen LogP contribution is -2.14. The maximum absolute atomic E-state index is 4.85. The van der Waals surface area contributed by atoms with Gasteiger partial charge in [0, 0.05) is 13.7 Å². The van der Waals surface area contributed by atoms with Gasteiger partial charge in [-0.15, -0.1) is 0 Å². The molecule has 0 bridgehead atoms. The van der Waals surface area contributed by atoms with E-state index < -0.39 is 0 Å². The summed E-state index contributed by atoms with van der Waals surface area (Å²) in [5.41, 5.74) is 4.85. The van der Waals surface area contributed by atoms with Crippen molar-refractivity contribution in [3.8, 4) is 0 Å². The standard InChI is InChI=1S/C6H15NS.C2H7N.C2H6.H2/c1-4-8-6-5-7(2)3;1-2-3;1-2;/h4-6H2,1-3H3;2-3H2,1H3;1-2H3;1H. The van der Waals surface area contributed by atoms with Gasteiger partial charge in [-0.1, -0.05) is 27.7 Å². The van der Waals surface area contributed by atoms with Gasteiger partial charge in [0.2, 0.25) is 0 Å². The van der Waals surface area contributed by atoms with Crippen LogP contribution in [0.4, 0.5) is 0 Å². The fourth-order valence-corrected chi connectivity index (χ4v) is 1.17. The first-order valence-corrected chi connectivity index (χ1v) is 6.27. The lowest BCUT2D eigenvalue weighted by molar-refractivity contribution is 0.437. The van der Waals surface area contributed by atoms with Crippen molar-refractivity contribution in [1.29, 1.82) is 0 Å². The average molecular weight is 210 g/mol. The van der Waals surface area contributed by atoms with Crippen LogP contribution in [0.3, 0.4) is 0 Å². The lowest BCUT2D eigenvalue weighted by atomic mass is 10.7. The third kappa shape index (κ3) is 46.6. The van der Waals surface area contributed by atoms with Crippen molar-refractivity contribution in [1.82, 2.24) is 4.90 Å². The van der Waals surface area contributed by atoms with E-state index in [2.05, 4.69) is 25.9 Å². The lowest BCUT2D eigenvalue weighted by Gasteiger charge is -2.06. The molecule has 0 saturated carbocycles. The summed E-state index contributed by atoms with van der Waals surface area (Å²) in [6.07, 6.45) is 0. The van der Waals surface area contributed by atoms with Gasteiger partial charge >= 0.3 is 0 Å². The number of nitrogens with zero attached hydrogens (tertiary/aromatic N) is 1. The van der Waals surface area contributed by atoms with Crippen LogP contribution in [0.5, 0.6) is 0 Å². The van der Waals surface area contributed by atoms with Crippen molar-refractivity contribution in [2.75, 3.05) is 38.7 Å². The molecule has 0 amide bonds. The molecule has 0 aromatic carbocycles.